The van der Waals surface area contributed by atoms with Gasteiger partial charge in [0.1, 0.15) is 6.10 Å². The minimum atomic E-state index is -0.672. The molecule has 1 aromatic rings. The second-order valence-electron chi connectivity index (χ2n) is 9.33. The first-order chi connectivity index (χ1) is 13.1. The second-order valence-corrected chi connectivity index (χ2v) is 9.33. The van der Waals surface area contributed by atoms with Crippen LogP contribution in [-0.4, -0.2) is 6.61 Å². The highest BCUT2D eigenvalue weighted by Gasteiger charge is 2.35. The molecule has 3 fully saturated rings. The molecule has 0 aromatic heterocycles. The third kappa shape index (κ3) is 4.09. The van der Waals surface area contributed by atoms with Gasteiger partial charge in [0.15, 0.2) is 11.6 Å². The first kappa shape index (κ1) is 19.4. The van der Waals surface area contributed by atoms with E-state index in [9.17, 15) is 8.78 Å². The summed E-state index contributed by atoms with van der Waals surface area (Å²) >= 11 is 0. The van der Waals surface area contributed by atoms with E-state index in [1.807, 2.05) is 13.0 Å². The number of ether oxygens (including phenoxy) is 1. The van der Waals surface area contributed by atoms with Crippen LogP contribution in [0.3, 0.4) is 0 Å². The van der Waals surface area contributed by atoms with Crippen molar-refractivity contribution in [1.29, 1.82) is 0 Å². The smallest absolute Gasteiger partial charge is 0.165 e. The Balaban J connectivity index is 1.38. The Hall–Kier alpha value is -0.960. The van der Waals surface area contributed by atoms with Gasteiger partial charge >= 0.3 is 0 Å². The van der Waals surface area contributed by atoms with Gasteiger partial charge in [0.2, 0.25) is 0 Å². The van der Waals surface area contributed by atoms with Gasteiger partial charge in [-0.25, -0.2) is 8.78 Å². The lowest BCUT2D eigenvalue weighted by Crippen LogP contribution is -2.26. The van der Waals surface area contributed by atoms with Crippen molar-refractivity contribution in [2.75, 3.05) is 6.61 Å². The lowest BCUT2D eigenvalue weighted by atomic mass is 9.67. The summed E-state index contributed by atoms with van der Waals surface area (Å²) in [6.45, 7) is 4.74. The first-order valence-electron chi connectivity index (χ1n) is 11.2. The number of benzene rings is 1. The van der Waals surface area contributed by atoms with Crippen molar-refractivity contribution in [3.05, 3.63) is 34.4 Å². The highest BCUT2D eigenvalue weighted by molar-refractivity contribution is 5.38. The lowest BCUT2D eigenvalue weighted by molar-refractivity contribution is 0.155. The molecule has 1 unspecified atom stereocenters. The summed E-state index contributed by atoms with van der Waals surface area (Å²) < 4.78 is 34.5. The zero-order valence-electron chi connectivity index (χ0n) is 16.9. The molecule has 27 heavy (non-hydrogen) atoms. The zero-order chi connectivity index (χ0) is 19.0. The zero-order valence-corrected chi connectivity index (χ0v) is 16.9. The van der Waals surface area contributed by atoms with Crippen molar-refractivity contribution in [2.45, 2.75) is 90.1 Å². The number of hydrogen-bond donors (Lipinski definition) is 0. The van der Waals surface area contributed by atoms with Crippen molar-refractivity contribution < 1.29 is 13.5 Å². The Kier molecular flexibility index (Phi) is 5.87. The van der Waals surface area contributed by atoms with Crippen molar-refractivity contribution >= 4 is 0 Å². The SMILES string of the molecule is CCCC1CCC(C2CCC(c3c(C)cc(C4CO4)c(F)c3F)CC2)CC1. The van der Waals surface area contributed by atoms with Crippen molar-refractivity contribution in [3.63, 3.8) is 0 Å². The van der Waals surface area contributed by atoms with Crippen molar-refractivity contribution in [3.8, 4) is 0 Å². The molecule has 3 aliphatic rings. The van der Waals surface area contributed by atoms with Crippen LogP contribution in [0, 0.1) is 36.3 Å². The van der Waals surface area contributed by atoms with Crippen LogP contribution in [0.1, 0.15) is 99.8 Å². The van der Waals surface area contributed by atoms with Gasteiger partial charge in [-0.1, -0.05) is 32.6 Å². The maximum absolute atomic E-state index is 14.8. The summed E-state index contributed by atoms with van der Waals surface area (Å²) in [6.07, 6.45) is 12.4. The summed E-state index contributed by atoms with van der Waals surface area (Å²) in [5.74, 6) is 1.53. The van der Waals surface area contributed by atoms with Crippen LogP contribution in [0.4, 0.5) is 8.78 Å². The molecule has 2 aliphatic carbocycles. The number of hydrogen-bond acceptors (Lipinski definition) is 1. The average Bonchev–Trinajstić information content (AvgIpc) is 3.51. The fraction of sp³-hybridized carbons (Fsp3) is 0.750. The van der Waals surface area contributed by atoms with E-state index in [4.69, 9.17) is 4.74 Å². The molecular formula is C24H34F2O. The number of halogens is 2. The van der Waals surface area contributed by atoms with E-state index in [2.05, 4.69) is 6.92 Å². The fourth-order valence-electron chi connectivity index (χ4n) is 5.99. The molecule has 4 rings (SSSR count). The normalized spacial score (nSPS) is 33.9. The summed E-state index contributed by atoms with van der Waals surface area (Å²) in [6, 6.07) is 1.83. The molecule has 1 saturated heterocycles. The highest BCUT2D eigenvalue weighted by Crippen LogP contribution is 2.46. The molecule has 1 heterocycles. The van der Waals surface area contributed by atoms with Crippen LogP contribution in [-0.2, 0) is 4.74 Å². The molecule has 1 atom stereocenters. The second kappa shape index (κ2) is 8.19. The molecule has 0 radical (unpaired) electrons. The summed E-state index contributed by atoms with van der Waals surface area (Å²) in [5.41, 5.74) is 1.95. The topological polar surface area (TPSA) is 12.5 Å². The average molecular weight is 377 g/mol. The van der Waals surface area contributed by atoms with E-state index in [0.29, 0.717) is 17.7 Å². The molecular weight excluding hydrogens is 342 g/mol. The quantitative estimate of drug-likeness (QED) is 0.494. The van der Waals surface area contributed by atoms with Gasteiger partial charge in [-0.3, -0.25) is 0 Å². The lowest BCUT2D eigenvalue weighted by Gasteiger charge is -2.38. The molecule has 3 heteroatoms. The van der Waals surface area contributed by atoms with Crippen LogP contribution >= 0.6 is 0 Å². The standard InChI is InChI=1S/C24H34F2O/c1-3-4-16-5-7-17(8-6-16)18-9-11-19(12-10-18)22-15(2)13-20(21-14-27-21)23(25)24(22)26/h13,16-19,21H,3-12,14H2,1-2H3. The third-order valence-corrected chi connectivity index (χ3v) is 7.59. The van der Waals surface area contributed by atoms with Crippen LogP contribution < -0.4 is 0 Å². The van der Waals surface area contributed by atoms with Gasteiger partial charge in [-0.05, 0) is 86.3 Å². The summed E-state index contributed by atoms with van der Waals surface area (Å²) in [7, 11) is 0. The number of rotatable bonds is 5. The van der Waals surface area contributed by atoms with Crippen LogP contribution in [0.2, 0.25) is 0 Å². The van der Waals surface area contributed by atoms with Gasteiger partial charge in [-0.15, -0.1) is 0 Å². The third-order valence-electron chi connectivity index (χ3n) is 7.59. The fourth-order valence-corrected chi connectivity index (χ4v) is 5.99. The summed E-state index contributed by atoms with van der Waals surface area (Å²) in [4.78, 5) is 0. The van der Waals surface area contributed by atoms with Gasteiger partial charge in [0.25, 0.3) is 0 Å². The predicted octanol–water partition coefficient (Wildman–Crippen LogP) is 7.22. The molecule has 1 aliphatic heterocycles. The predicted molar refractivity (Wildman–Crippen MR) is 105 cm³/mol. The molecule has 150 valence electrons. The van der Waals surface area contributed by atoms with E-state index in [1.165, 1.54) is 51.4 Å². The van der Waals surface area contributed by atoms with Crippen LogP contribution in [0.25, 0.3) is 0 Å². The molecule has 2 saturated carbocycles. The molecule has 0 N–H and O–H groups in total. The minimum absolute atomic E-state index is 0.182. The van der Waals surface area contributed by atoms with Gasteiger partial charge in [0.05, 0.1) is 6.61 Å². The monoisotopic (exact) mass is 376 g/mol. The van der Waals surface area contributed by atoms with E-state index < -0.39 is 11.6 Å². The van der Waals surface area contributed by atoms with E-state index in [-0.39, 0.29) is 12.0 Å². The van der Waals surface area contributed by atoms with Gasteiger partial charge in [0, 0.05) is 5.56 Å². The Labute approximate surface area is 162 Å². The van der Waals surface area contributed by atoms with Gasteiger partial charge < -0.3 is 4.74 Å². The van der Waals surface area contributed by atoms with Crippen molar-refractivity contribution in [2.24, 2.45) is 17.8 Å². The largest absolute Gasteiger partial charge is 0.368 e. The summed E-state index contributed by atoms with van der Waals surface area (Å²) in [5, 5.41) is 0. The Morgan fingerprint density at radius 3 is 2.07 bits per heavy atom. The Morgan fingerprint density at radius 2 is 1.52 bits per heavy atom. The molecule has 1 nitrogen and oxygen atoms in total. The number of aryl methyl sites for hydroxylation is 1. The van der Waals surface area contributed by atoms with E-state index in [0.717, 1.165) is 36.2 Å². The minimum Gasteiger partial charge on any atom is -0.368 e. The molecule has 0 amide bonds. The Morgan fingerprint density at radius 1 is 0.926 bits per heavy atom. The van der Waals surface area contributed by atoms with Crippen LogP contribution in [0.5, 0.6) is 0 Å². The van der Waals surface area contributed by atoms with E-state index in [1.54, 1.807) is 0 Å². The van der Waals surface area contributed by atoms with Crippen LogP contribution in [0.15, 0.2) is 6.07 Å². The van der Waals surface area contributed by atoms with E-state index >= 15 is 0 Å². The van der Waals surface area contributed by atoms with Gasteiger partial charge in [-0.2, -0.15) is 0 Å². The number of epoxide rings is 1. The highest BCUT2D eigenvalue weighted by atomic mass is 19.2. The first-order valence-corrected chi connectivity index (χ1v) is 11.2. The molecule has 0 spiro atoms. The molecule has 1 aromatic carbocycles. The molecule has 0 bridgehead atoms. The Bertz CT molecular complexity index is 651. The maximum atomic E-state index is 14.8. The maximum Gasteiger partial charge on any atom is 0.165 e. The van der Waals surface area contributed by atoms with Crippen molar-refractivity contribution in [1.82, 2.24) is 0 Å².